The van der Waals surface area contributed by atoms with Gasteiger partial charge in [0.25, 0.3) is 0 Å². The van der Waals surface area contributed by atoms with E-state index in [-0.39, 0.29) is 0 Å². The third-order valence-electron chi connectivity index (χ3n) is 2.61. The van der Waals surface area contributed by atoms with Crippen molar-refractivity contribution in [2.45, 2.75) is 0 Å². The fraction of sp³-hybridized carbons (Fsp3) is 0.250. The van der Waals surface area contributed by atoms with E-state index in [9.17, 15) is 4.79 Å². The van der Waals surface area contributed by atoms with Gasteiger partial charge in [-0.25, -0.2) is 4.79 Å². The highest BCUT2D eigenvalue weighted by molar-refractivity contribution is 6.04. The molecule has 0 saturated heterocycles. The third kappa shape index (κ3) is 1.81. The number of nitrogens with one attached hydrogen (secondary N) is 2. The Kier molecular flexibility index (Phi) is 3.27. The van der Waals surface area contributed by atoms with E-state index < -0.39 is 5.97 Å². The number of carbonyl (C=O) groups is 1. The molecule has 0 radical (unpaired) electrons. The summed E-state index contributed by atoms with van der Waals surface area (Å²) in [6, 6.07) is 1.75. The first-order valence-electron chi connectivity index (χ1n) is 5.28. The van der Waals surface area contributed by atoms with Gasteiger partial charge in [-0.05, 0) is 0 Å². The molecule has 96 valence electrons. The molecule has 0 unspecified atom stereocenters. The summed E-state index contributed by atoms with van der Waals surface area (Å²) in [6.07, 6.45) is 3.40. The number of rotatable bonds is 3. The fourth-order valence-corrected chi connectivity index (χ4v) is 1.81. The summed E-state index contributed by atoms with van der Waals surface area (Å²) in [5, 5.41) is 6.01. The number of esters is 1. The summed E-state index contributed by atoms with van der Waals surface area (Å²) in [7, 11) is 4.31. The number of anilines is 2. The summed E-state index contributed by atoms with van der Waals surface area (Å²) in [4.78, 5) is 11.9. The zero-order valence-corrected chi connectivity index (χ0v) is 10.4. The first-order chi connectivity index (χ1) is 8.72. The number of hydrogen-bond acceptors (Lipinski definition) is 6. The van der Waals surface area contributed by atoms with E-state index in [4.69, 9.17) is 14.2 Å². The topological polar surface area (TPSA) is 68.8 Å². The van der Waals surface area contributed by atoms with Gasteiger partial charge in [0, 0.05) is 18.5 Å². The molecule has 2 rings (SSSR count). The summed E-state index contributed by atoms with van der Waals surface area (Å²) >= 11 is 0. The predicted octanol–water partition coefficient (Wildman–Crippen LogP) is 1.80. The van der Waals surface area contributed by atoms with Gasteiger partial charge in [-0.2, -0.15) is 0 Å². The summed E-state index contributed by atoms with van der Waals surface area (Å²) in [6.45, 7) is 0. The second-order valence-corrected chi connectivity index (χ2v) is 3.52. The molecule has 1 aliphatic rings. The van der Waals surface area contributed by atoms with Crippen molar-refractivity contribution in [2.24, 2.45) is 0 Å². The Labute approximate surface area is 105 Å². The van der Waals surface area contributed by atoms with Gasteiger partial charge in [0.2, 0.25) is 0 Å². The smallest absolute Gasteiger partial charge is 0.344 e. The number of fused-ring (bicyclic) bond motifs is 1. The van der Waals surface area contributed by atoms with Crippen molar-refractivity contribution in [1.82, 2.24) is 0 Å². The van der Waals surface area contributed by atoms with Crippen molar-refractivity contribution in [3.8, 4) is 11.5 Å². The molecule has 0 fully saturated rings. The lowest BCUT2D eigenvalue weighted by Crippen LogP contribution is -2.13. The summed E-state index contributed by atoms with van der Waals surface area (Å²) < 4.78 is 15.2. The van der Waals surface area contributed by atoms with Crippen LogP contribution in [0.3, 0.4) is 0 Å². The van der Waals surface area contributed by atoms with Crippen LogP contribution in [0.4, 0.5) is 11.4 Å². The molecule has 0 amide bonds. The van der Waals surface area contributed by atoms with Gasteiger partial charge in [0.15, 0.2) is 11.5 Å². The van der Waals surface area contributed by atoms with E-state index in [1.54, 1.807) is 18.5 Å². The molecule has 0 aliphatic carbocycles. The molecular formula is C12H14N2O4. The van der Waals surface area contributed by atoms with E-state index in [0.717, 1.165) is 5.69 Å². The Balaban J connectivity index is 2.69. The summed E-state index contributed by atoms with van der Waals surface area (Å²) in [5.41, 5.74) is 1.61. The molecule has 1 heterocycles. The van der Waals surface area contributed by atoms with Gasteiger partial charge >= 0.3 is 5.97 Å². The zero-order valence-electron chi connectivity index (χ0n) is 10.4. The van der Waals surface area contributed by atoms with Gasteiger partial charge in [0.05, 0.1) is 32.7 Å². The lowest BCUT2D eigenvalue weighted by atomic mass is 10.1. The first kappa shape index (κ1) is 12.1. The highest BCUT2D eigenvalue weighted by Crippen LogP contribution is 2.43. The molecule has 0 bridgehead atoms. The largest absolute Gasteiger partial charge is 0.493 e. The summed E-state index contributed by atoms with van der Waals surface area (Å²) in [5.74, 6) is 0.306. The predicted molar refractivity (Wildman–Crippen MR) is 67.3 cm³/mol. The van der Waals surface area contributed by atoms with Crippen molar-refractivity contribution < 1.29 is 19.0 Å². The van der Waals surface area contributed by atoms with Crippen LogP contribution >= 0.6 is 0 Å². The van der Waals surface area contributed by atoms with Crippen LogP contribution in [0.15, 0.2) is 18.5 Å². The molecule has 0 spiro atoms. The van der Waals surface area contributed by atoms with E-state index in [2.05, 4.69) is 10.6 Å². The minimum atomic E-state index is -0.494. The second kappa shape index (κ2) is 4.87. The maximum absolute atomic E-state index is 11.9. The Morgan fingerprint density at radius 2 is 1.83 bits per heavy atom. The molecule has 0 atom stereocenters. The monoisotopic (exact) mass is 250 g/mol. The van der Waals surface area contributed by atoms with Gasteiger partial charge in [-0.3, -0.25) is 0 Å². The Bertz CT molecular complexity index is 511. The third-order valence-corrected chi connectivity index (χ3v) is 2.61. The minimum absolute atomic E-state index is 0.297. The Morgan fingerprint density at radius 3 is 2.44 bits per heavy atom. The molecule has 1 aromatic rings. The number of methoxy groups -OCH3 is 3. The molecule has 1 aliphatic heterocycles. The standard InChI is InChI=1S/C12H14N2O4/c1-16-8-6-7-10(14-5-4-13-7)9(11(8)17-2)12(15)18-3/h4-6,13-14H,1-3H3. The first-order valence-corrected chi connectivity index (χ1v) is 5.28. The van der Waals surface area contributed by atoms with Crippen LogP contribution in [-0.2, 0) is 4.74 Å². The Hall–Kier alpha value is -2.37. The van der Waals surface area contributed by atoms with Crippen LogP contribution in [0.25, 0.3) is 0 Å². The number of ether oxygens (including phenoxy) is 3. The molecule has 6 heteroatoms. The fourth-order valence-electron chi connectivity index (χ4n) is 1.81. The SMILES string of the molecule is COC(=O)c1c2c(cc(OC)c1OC)NC=CN2. The van der Waals surface area contributed by atoms with Crippen LogP contribution in [0.2, 0.25) is 0 Å². The van der Waals surface area contributed by atoms with Gasteiger partial charge in [-0.1, -0.05) is 0 Å². The molecule has 0 saturated carbocycles. The lowest BCUT2D eigenvalue weighted by Gasteiger charge is -2.21. The molecule has 0 aromatic heterocycles. The van der Waals surface area contributed by atoms with E-state index in [0.29, 0.717) is 22.7 Å². The van der Waals surface area contributed by atoms with Crippen LogP contribution in [0.1, 0.15) is 10.4 Å². The molecular weight excluding hydrogens is 236 g/mol. The Morgan fingerprint density at radius 1 is 1.11 bits per heavy atom. The van der Waals surface area contributed by atoms with E-state index in [1.807, 2.05) is 0 Å². The van der Waals surface area contributed by atoms with Crippen LogP contribution in [0, 0.1) is 0 Å². The second-order valence-electron chi connectivity index (χ2n) is 3.52. The highest BCUT2D eigenvalue weighted by atomic mass is 16.5. The van der Waals surface area contributed by atoms with Crippen molar-refractivity contribution in [3.63, 3.8) is 0 Å². The lowest BCUT2D eigenvalue weighted by molar-refractivity contribution is 0.0597. The van der Waals surface area contributed by atoms with Crippen LogP contribution in [0.5, 0.6) is 11.5 Å². The normalized spacial score (nSPS) is 11.9. The van der Waals surface area contributed by atoms with Crippen LogP contribution < -0.4 is 20.1 Å². The average Bonchev–Trinajstić information content (AvgIpc) is 2.44. The molecule has 18 heavy (non-hydrogen) atoms. The maximum atomic E-state index is 11.9. The molecule has 6 nitrogen and oxygen atoms in total. The maximum Gasteiger partial charge on any atom is 0.344 e. The van der Waals surface area contributed by atoms with E-state index in [1.165, 1.54) is 21.3 Å². The molecule has 1 aromatic carbocycles. The average molecular weight is 250 g/mol. The molecule has 2 N–H and O–H groups in total. The number of benzene rings is 1. The highest BCUT2D eigenvalue weighted by Gasteiger charge is 2.26. The van der Waals surface area contributed by atoms with Crippen molar-refractivity contribution in [2.75, 3.05) is 32.0 Å². The van der Waals surface area contributed by atoms with Gasteiger partial charge in [0.1, 0.15) is 5.56 Å². The van der Waals surface area contributed by atoms with Crippen LogP contribution in [-0.4, -0.2) is 27.3 Å². The van der Waals surface area contributed by atoms with Crippen molar-refractivity contribution >= 4 is 17.3 Å². The quantitative estimate of drug-likeness (QED) is 0.797. The zero-order chi connectivity index (χ0) is 13.1. The number of hydrogen-bond donors (Lipinski definition) is 2. The van der Waals surface area contributed by atoms with Gasteiger partial charge < -0.3 is 24.8 Å². The van der Waals surface area contributed by atoms with Gasteiger partial charge in [-0.15, -0.1) is 0 Å². The van der Waals surface area contributed by atoms with Crippen molar-refractivity contribution in [1.29, 1.82) is 0 Å². The number of carbonyl (C=O) groups excluding carboxylic acids is 1. The minimum Gasteiger partial charge on any atom is -0.493 e. The van der Waals surface area contributed by atoms with Crippen molar-refractivity contribution in [3.05, 3.63) is 24.0 Å². The van der Waals surface area contributed by atoms with E-state index >= 15 is 0 Å².